The van der Waals surface area contributed by atoms with Crippen LogP contribution in [0.3, 0.4) is 0 Å². The van der Waals surface area contributed by atoms with Gasteiger partial charge in [0.1, 0.15) is 30.2 Å². The predicted molar refractivity (Wildman–Crippen MR) is 291 cm³/mol. The largest absolute Gasteiger partial charge is 0.399 e. The molecule has 8 amide bonds. The molecule has 0 radical (unpaired) electrons. The van der Waals surface area contributed by atoms with Crippen LogP contribution in [-0.2, 0) is 41.6 Å². The summed E-state index contributed by atoms with van der Waals surface area (Å²) in [6.07, 6.45) is 4.92. The van der Waals surface area contributed by atoms with Crippen LogP contribution in [0.2, 0.25) is 0 Å². The molecule has 0 bridgehead atoms. The third-order valence-electron chi connectivity index (χ3n) is 14.8. The monoisotopic (exact) mass is 1070 g/mol. The number of nitrogens with one attached hydrogen (secondary N) is 8. The number of benzene rings is 3. The highest BCUT2D eigenvalue weighted by molar-refractivity contribution is 6.14. The number of hydrogen-bond acceptors (Lipinski definition) is 11. The van der Waals surface area contributed by atoms with E-state index >= 15 is 0 Å². The summed E-state index contributed by atoms with van der Waals surface area (Å²) < 4.78 is 1.20. The van der Waals surface area contributed by atoms with E-state index in [4.69, 9.17) is 17.5 Å². The number of nitrogens with zero attached hydrogens (tertiary/aromatic N) is 2. The van der Waals surface area contributed by atoms with Crippen molar-refractivity contribution in [3.05, 3.63) is 100 Å². The molecule has 0 saturated carbocycles. The van der Waals surface area contributed by atoms with Crippen molar-refractivity contribution in [2.24, 2.45) is 11.3 Å². The van der Waals surface area contributed by atoms with E-state index in [0.29, 0.717) is 12.8 Å². The number of likely N-dealkylation sites (N-methyl/N-ethyl adjacent to an activating group) is 2. The zero-order valence-corrected chi connectivity index (χ0v) is 46.1. The number of halogens is 1. The number of rotatable bonds is 20. The Morgan fingerprint density at radius 2 is 1.32 bits per heavy atom. The molecule has 1 fully saturated rings. The second kappa shape index (κ2) is 26.0. The zero-order valence-electron chi connectivity index (χ0n) is 45.3. The van der Waals surface area contributed by atoms with Gasteiger partial charge < -0.3 is 53.2 Å². The lowest BCUT2D eigenvalue weighted by molar-refractivity contribution is -0.144. The van der Waals surface area contributed by atoms with Gasteiger partial charge in [0.15, 0.2) is 0 Å². The van der Waals surface area contributed by atoms with Gasteiger partial charge in [0, 0.05) is 43.0 Å². The summed E-state index contributed by atoms with van der Waals surface area (Å²) in [5.41, 5.74) is 10.0. The first-order chi connectivity index (χ1) is 36.0. The minimum atomic E-state index is -1.13. The molecule has 1 saturated heterocycles. The van der Waals surface area contributed by atoms with Crippen molar-refractivity contribution in [2.75, 3.05) is 32.9 Å². The number of anilines is 1. The lowest BCUT2D eigenvalue weighted by Gasteiger charge is -2.36. The molecule has 0 spiro atoms. The molecule has 1 aliphatic heterocycles. The van der Waals surface area contributed by atoms with E-state index in [1.54, 1.807) is 34.7 Å². The Balaban J connectivity index is 1.17. The molecule has 76 heavy (non-hydrogen) atoms. The molecule has 3 aliphatic rings. The fourth-order valence-corrected chi connectivity index (χ4v) is 10.2. The SMILES string of the molecule is CN[C@@H](C)C(=O)N[C@H](C(=O)N1C[C@@H](NC(=O)c2cc(N)cc(C(=O)NCC[C@H](NC(=O)[C@@H](NC(=O)[C@H](C)N(C)Cl)C(C)C)C(=O)N[C@@H]3CCCc4ccccc43)c2)C[C@H]1C(=O)N[C@@H]1CCCc2ccccc21)C(C)(C)C. The van der Waals surface area contributed by atoms with Crippen LogP contribution in [0.5, 0.6) is 0 Å². The van der Waals surface area contributed by atoms with Gasteiger partial charge in [-0.3, -0.25) is 38.4 Å². The highest BCUT2D eigenvalue weighted by Gasteiger charge is 2.46. The van der Waals surface area contributed by atoms with Gasteiger partial charge in [0.2, 0.25) is 35.4 Å². The van der Waals surface area contributed by atoms with Gasteiger partial charge in [-0.15, -0.1) is 0 Å². The van der Waals surface area contributed by atoms with Gasteiger partial charge in [-0.25, -0.2) is 4.42 Å². The van der Waals surface area contributed by atoms with Gasteiger partial charge in [-0.1, -0.05) is 83.1 Å². The zero-order chi connectivity index (χ0) is 55.6. The van der Waals surface area contributed by atoms with Gasteiger partial charge in [0.25, 0.3) is 11.8 Å². The van der Waals surface area contributed by atoms with Crippen LogP contribution < -0.4 is 48.3 Å². The number of carbonyl (C=O) groups is 8. The fraction of sp³-hybridized carbons (Fsp3) is 0.536. The predicted octanol–water partition coefficient (Wildman–Crippen LogP) is 3.71. The Labute approximate surface area is 451 Å². The average molecular weight is 1070 g/mol. The van der Waals surface area contributed by atoms with E-state index in [1.165, 1.54) is 34.6 Å². The van der Waals surface area contributed by atoms with Gasteiger partial charge in [-0.2, -0.15) is 0 Å². The van der Waals surface area contributed by atoms with Gasteiger partial charge in [0.05, 0.1) is 18.1 Å². The van der Waals surface area contributed by atoms with E-state index in [9.17, 15) is 38.4 Å². The molecule has 0 aromatic heterocycles. The number of nitrogen functional groups attached to an aromatic ring is 1. The van der Waals surface area contributed by atoms with Crippen LogP contribution in [0.25, 0.3) is 0 Å². The van der Waals surface area contributed by atoms with Crippen molar-refractivity contribution in [1.29, 1.82) is 0 Å². The minimum absolute atomic E-state index is 0.0416. The highest BCUT2D eigenvalue weighted by Crippen LogP contribution is 2.33. The second-order valence-electron chi connectivity index (χ2n) is 21.9. The van der Waals surface area contributed by atoms with Crippen molar-refractivity contribution >= 4 is 64.7 Å². The Morgan fingerprint density at radius 3 is 1.88 bits per heavy atom. The summed E-state index contributed by atoms with van der Waals surface area (Å²) >= 11 is 6.04. The fourth-order valence-electron chi connectivity index (χ4n) is 10.1. The number of amides is 8. The van der Waals surface area contributed by atoms with E-state index in [1.807, 2.05) is 69.3 Å². The van der Waals surface area contributed by atoms with E-state index in [0.717, 1.165) is 47.9 Å². The molecule has 9 atom stereocenters. The van der Waals surface area contributed by atoms with Gasteiger partial charge >= 0.3 is 0 Å². The number of likely N-dealkylation sites (tertiary alicyclic amines) is 1. The van der Waals surface area contributed by atoms with Crippen LogP contribution in [0.4, 0.5) is 5.69 Å². The molecule has 10 N–H and O–H groups in total. The Bertz CT molecular complexity index is 2620. The van der Waals surface area contributed by atoms with Crippen LogP contribution >= 0.6 is 11.8 Å². The Morgan fingerprint density at radius 1 is 0.737 bits per heavy atom. The summed E-state index contributed by atoms with van der Waals surface area (Å²) in [6, 6.07) is 13.2. The first kappa shape index (κ1) is 58.7. The van der Waals surface area contributed by atoms with E-state index in [2.05, 4.69) is 42.5 Å². The molecule has 0 unspecified atom stereocenters. The van der Waals surface area contributed by atoms with Crippen molar-refractivity contribution in [3.63, 3.8) is 0 Å². The molecule has 3 aromatic rings. The molecular weight excluding hydrogens is 990 g/mol. The topological polar surface area (TPSA) is 265 Å². The van der Waals surface area contributed by atoms with Crippen LogP contribution in [0.15, 0.2) is 66.7 Å². The maximum atomic E-state index is 14.7. The smallest absolute Gasteiger partial charge is 0.251 e. The van der Waals surface area contributed by atoms with Crippen molar-refractivity contribution in [3.8, 4) is 0 Å². The number of fused-ring (bicyclic) bond motifs is 2. The minimum Gasteiger partial charge on any atom is -0.399 e. The van der Waals surface area contributed by atoms with E-state index < -0.39 is 83.2 Å². The third kappa shape index (κ3) is 14.9. The maximum absolute atomic E-state index is 14.7. The molecule has 2 aliphatic carbocycles. The van der Waals surface area contributed by atoms with Crippen molar-refractivity contribution in [1.82, 2.24) is 51.9 Å². The van der Waals surface area contributed by atoms with E-state index in [-0.39, 0.29) is 72.6 Å². The molecule has 412 valence electrons. The summed E-state index contributed by atoms with van der Waals surface area (Å²) in [5, 5.41) is 23.5. The maximum Gasteiger partial charge on any atom is 0.251 e. The Hall–Kier alpha value is -6.57. The van der Waals surface area contributed by atoms with Crippen LogP contribution in [-0.4, -0.2) is 126 Å². The first-order valence-electron chi connectivity index (χ1n) is 26.5. The second-order valence-corrected chi connectivity index (χ2v) is 22.4. The molecule has 1 heterocycles. The highest BCUT2D eigenvalue weighted by atomic mass is 35.5. The standard InChI is InChI=1S/C56H78ClN11O8/c1-31(2)46(65-49(70)33(4)67(9)57)54(75)64-44(52(73)62-42-22-14-18-34-16-10-12-20-40(34)42)24-25-60-50(71)36-26-37(28-38(58)27-36)51(72)61-39-29-45(53(74)63-43-23-15-19-35-17-11-13-21-41(35)43)68(30-39)55(76)47(56(5,6)7)66-48(69)32(3)59-8/h10-13,16-17,20-21,26-28,31-33,39,42-47,59H,14-15,18-19,22-25,29-30,58H2,1-9H3,(H,60,71)(H,61,72)(H,62,73)(H,63,74)(H,64,75)(H,65,70)(H,66,69)/t32-,33-,39-,42+,43+,44-,45-,46-,47+/m0/s1. The van der Waals surface area contributed by atoms with Gasteiger partial charge in [-0.05, 0) is 136 Å². The molecule has 19 nitrogen and oxygen atoms in total. The number of carbonyl (C=O) groups excluding carboxylic acids is 8. The number of hydrogen-bond donors (Lipinski definition) is 9. The lowest BCUT2D eigenvalue weighted by Crippen LogP contribution is -2.59. The Kier molecular flexibility index (Phi) is 20.1. The van der Waals surface area contributed by atoms with Crippen LogP contribution in [0, 0.1) is 11.3 Å². The molecule has 6 rings (SSSR count). The lowest BCUT2D eigenvalue weighted by atomic mass is 9.85. The summed E-state index contributed by atoms with van der Waals surface area (Å²) in [4.78, 5) is 113. The average Bonchev–Trinajstić information content (AvgIpc) is 3.82. The molecule has 3 aromatic carbocycles. The number of aryl methyl sites for hydroxylation is 2. The summed E-state index contributed by atoms with van der Waals surface area (Å²) in [5.74, 6) is -4.36. The number of nitrogens with two attached hydrogens (primary N) is 1. The summed E-state index contributed by atoms with van der Waals surface area (Å²) in [6.45, 7) is 12.2. The van der Waals surface area contributed by atoms with Crippen molar-refractivity contribution in [2.45, 2.75) is 154 Å². The normalized spacial score (nSPS) is 20.1. The molecule has 20 heteroatoms. The van der Waals surface area contributed by atoms with Crippen molar-refractivity contribution < 1.29 is 38.4 Å². The first-order valence-corrected chi connectivity index (χ1v) is 26.8. The van der Waals surface area contributed by atoms with Crippen LogP contribution in [0.1, 0.15) is 142 Å². The quantitative estimate of drug-likeness (QED) is 0.0582. The summed E-state index contributed by atoms with van der Waals surface area (Å²) in [7, 11) is 3.17. The molecular formula is C56H78ClN11O8. The third-order valence-corrected chi connectivity index (χ3v) is 15.1.